The van der Waals surface area contributed by atoms with Crippen LogP contribution in [-0.2, 0) is 0 Å². The van der Waals surface area contributed by atoms with Gasteiger partial charge in [0.1, 0.15) is 0 Å². The van der Waals surface area contributed by atoms with Crippen LogP contribution in [0.25, 0.3) is 0 Å². The van der Waals surface area contributed by atoms with Crippen LogP contribution in [0.1, 0.15) is 19.8 Å². The molecule has 0 fully saturated rings. The van der Waals surface area contributed by atoms with Crippen LogP contribution in [0.3, 0.4) is 0 Å². The monoisotopic (exact) mass is 157 g/mol. The van der Waals surface area contributed by atoms with Gasteiger partial charge in [0.05, 0.1) is 0 Å². The van der Waals surface area contributed by atoms with Gasteiger partial charge in [-0.25, -0.2) is 0 Å². The minimum Gasteiger partial charge on any atom is -0.326 e. The summed E-state index contributed by atoms with van der Waals surface area (Å²) in [5.74, 6) is 1.17. The zero-order valence-electron chi connectivity index (χ0n) is 6.42. The summed E-state index contributed by atoms with van der Waals surface area (Å²) in [5, 5.41) is 0.582. The number of thioether (sulfide) groups is 1. The molecule has 58 valence electrons. The Bertz CT molecular complexity index is 122. The molecule has 10 heavy (non-hydrogen) atoms. The van der Waals surface area contributed by atoms with E-state index in [0.717, 1.165) is 6.42 Å². The van der Waals surface area contributed by atoms with Crippen molar-refractivity contribution in [3.8, 4) is 0 Å². The third-order valence-electron chi connectivity index (χ3n) is 1.77. The molecule has 0 spiro atoms. The summed E-state index contributed by atoms with van der Waals surface area (Å²) in [5.41, 5.74) is 5.89. The van der Waals surface area contributed by atoms with Crippen molar-refractivity contribution in [3.63, 3.8) is 0 Å². The summed E-state index contributed by atoms with van der Waals surface area (Å²) in [4.78, 5) is 0. The van der Waals surface area contributed by atoms with E-state index in [0.29, 0.717) is 11.3 Å². The van der Waals surface area contributed by atoms with Crippen LogP contribution < -0.4 is 5.73 Å². The molecule has 0 saturated carbocycles. The van der Waals surface area contributed by atoms with Crippen molar-refractivity contribution in [3.05, 3.63) is 12.2 Å². The van der Waals surface area contributed by atoms with E-state index < -0.39 is 0 Å². The molecule has 0 saturated heterocycles. The van der Waals surface area contributed by atoms with Crippen LogP contribution in [0.4, 0.5) is 0 Å². The fourth-order valence-corrected chi connectivity index (χ4v) is 2.19. The van der Waals surface area contributed by atoms with Gasteiger partial charge in [0, 0.05) is 11.3 Å². The average molecular weight is 157 g/mol. The Morgan fingerprint density at radius 3 is 3.10 bits per heavy atom. The van der Waals surface area contributed by atoms with Crippen molar-refractivity contribution in [2.24, 2.45) is 5.73 Å². The van der Waals surface area contributed by atoms with E-state index in [9.17, 15) is 0 Å². The van der Waals surface area contributed by atoms with Crippen LogP contribution in [0.5, 0.6) is 0 Å². The molecule has 0 aromatic heterocycles. The lowest BCUT2D eigenvalue weighted by molar-refractivity contribution is 0.617. The molecule has 0 aromatic carbocycles. The number of allylic oxidation sites excluding steroid dienone is 1. The number of nitrogens with two attached hydrogens (primary N) is 1. The summed E-state index contributed by atoms with van der Waals surface area (Å²) < 4.78 is 0. The molecule has 2 heteroatoms. The average Bonchev–Trinajstić information content (AvgIpc) is 1.94. The molecule has 1 aliphatic rings. The molecule has 2 atom stereocenters. The normalized spacial score (nSPS) is 32.6. The van der Waals surface area contributed by atoms with Gasteiger partial charge in [-0.1, -0.05) is 19.1 Å². The third kappa shape index (κ3) is 2.03. The predicted octanol–water partition coefficient (Wildman–Crippen LogP) is 1.79. The number of hydrogen-bond donors (Lipinski definition) is 1. The van der Waals surface area contributed by atoms with Gasteiger partial charge in [0.15, 0.2) is 0 Å². The van der Waals surface area contributed by atoms with E-state index in [2.05, 4.69) is 19.1 Å². The molecule has 1 nitrogen and oxygen atoms in total. The maximum Gasteiger partial charge on any atom is 0.0378 e. The van der Waals surface area contributed by atoms with Crippen LogP contribution in [0.15, 0.2) is 12.2 Å². The fourth-order valence-electron chi connectivity index (χ4n) is 1.20. The summed E-state index contributed by atoms with van der Waals surface area (Å²) in [6.07, 6.45) is 6.83. The number of hydrogen-bond acceptors (Lipinski definition) is 2. The lowest BCUT2D eigenvalue weighted by Crippen LogP contribution is -2.32. The van der Waals surface area contributed by atoms with E-state index in [4.69, 9.17) is 5.73 Å². The van der Waals surface area contributed by atoms with Crippen molar-refractivity contribution in [1.82, 2.24) is 0 Å². The molecule has 0 radical (unpaired) electrons. The van der Waals surface area contributed by atoms with Gasteiger partial charge in [-0.3, -0.25) is 0 Å². The highest BCUT2D eigenvalue weighted by molar-refractivity contribution is 8.00. The highest BCUT2D eigenvalue weighted by atomic mass is 32.2. The minimum atomic E-state index is 0.398. The highest BCUT2D eigenvalue weighted by Crippen LogP contribution is 2.21. The van der Waals surface area contributed by atoms with Crippen molar-refractivity contribution in [1.29, 1.82) is 0 Å². The zero-order valence-corrected chi connectivity index (χ0v) is 7.23. The lowest BCUT2D eigenvalue weighted by atomic mass is 10.0. The van der Waals surface area contributed by atoms with Gasteiger partial charge in [-0.2, -0.15) is 11.8 Å². The standard InChI is InChI=1S/C8H15NS/c1-2-10-8-6-4-3-5-7(8)9/h4,6-8H,2-3,5,9H2,1H3. The SMILES string of the molecule is CCSC1C=CCCC1N. The van der Waals surface area contributed by atoms with Crippen molar-refractivity contribution >= 4 is 11.8 Å². The minimum absolute atomic E-state index is 0.398. The smallest absolute Gasteiger partial charge is 0.0378 e. The Balaban J connectivity index is 2.39. The van der Waals surface area contributed by atoms with Crippen molar-refractivity contribution in [2.45, 2.75) is 31.1 Å². The molecule has 0 aromatic rings. The first-order valence-electron chi connectivity index (χ1n) is 3.88. The maximum atomic E-state index is 5.89. The van der Waals surface area contributed by atoms with E-state index in [1.54, 1.807) is 0 Å². The van der Waals surface area contributed by atoms with Gasteiger partial charge in [-0.15, -0.1) is 0 Å². The van der Waals surface area contributed by atoms with Gasteiger partial charge in [0.25, 0.3) is 0 Å². The molecule has 1 aliphatic carbocycles. The van der Waals surface area contributed by atoms with Gasteiger partial charge in [-0.05, 0) is 18.6 Å². The maximum absolute atomic E-state index is 5.89. The second-order valence-electron chi connectivity index (χ2n) is 2.59. The van der Waals surface area contributed by atoms with Crippen LogP contribution in [-0.4, -0.2) is 17.0 Å². The molecule has 2 N–H and O–H groups in total. The van der Waals surface area contributed by atoms with E-state index in [1.165, 1.54) is 12.2 Å². The summed E-state index contributed by atoms with van der Waals surface area (Å²) in [6, 6.07) is 0.398. The first kappa shape index (κ1) is 8.15. The van der Waals surface area contributed by atoms with Gasteiger partial charge in [0.2, 0.25) is 0 Å². The van der Waals surface area contributed by atoms with E-state index in [-0.39, 0.29) is 0 Å². The summed E-state index contributed by atoms with van der Waals surface area (Å²) in [7, 11) is 0. The first-order valence-corrected chi connectivity index (χ1v) is 4.93. The molecule has 2 unspecified atom stereocenters. The Kier molecular flexibility index (Phi) is 3.29. The molecular formula is C8H15NS. The van der Waals surface area contributed by atoms with Gasteiger partial charge < -0.3 is 5.73 Å². The third-order valence-corrected chi connectivity index (χ3v) is 3.00. The van der Waals surface area contributed by atoms with E-state index >= 15 is 0 Å². The Morgan fingerprint density at radius 2 is 2.50 bits per heavy atom. The molecule has 0 amide bonds. The second kappa shape index (κ2) is 4.04. The lowest BCUT2D eigenvalue weighted by Gasteiger charge is -2.22. The van der Waals surface area contributed by atoms with Crippen LogP contribution in [0.2, 0.25) is 0 Å². The van der Waals surface area contributed by atoms with Crippen LogP contribution >= 0.6 is 11.8 Å². The van der Waals surface area contributed by atoms with Crippen molar-refractivity contribution in [2.75, 3.05) is 5.75 Å². The fraction of sp³-hybridized carbons (Fsp3) is 0.750. The Labute approximate surface area is 67.1 Å². The number of rotatable bonds is 2. The Hall–Kier alpha value is 0.0500. The largest absolute Gasteiger partial charge is 0.326 e. The van der Waals surface area contributed by atoms with Gasteiger partial charge >= 0.3 is 0 Å². The molecule has 0 heterocycles. The molecule has 0 aliphatic heterocycles. The summed E-state index contributed by atoms with van der Waals surface area (Å²) >= 11 is 1.95. The van der Waals surface area contributed by atoms with E-state index in [1.807, 2.05) is 11.8 Å². The van der Waals surface area contributed by atoms with Crippen molar-refractivity contribution < 1.29 is 0 Å². The topological polar surface area (TPSA) is 26.0 Å². The second-order valence-corrected chi connectivity index (χ2v) is 4.04. The zero-order chi connectivity index (χ0) is 7.40. The highest BCUT2D eigenvalue weighted by Gasteiger charge is 2.16. The molecular weight excluding hydrogens is 142 g/mol. The molecule has 0 bridgehead atoms. The quantitative estimate of drug-likeness (QED) is 0.618. The summed E-state index contributed by atoms with van der Waals surface area (Å²) in [6.45, 7) is 2.18. The Morgan fingerprint density at radius 1 is 1.70 bits per heavy atom. The predicted molar refractivity (Wildman–Crippen MR) is 48.3 cm³/mol. The molecule has 1 rings (SSSR count). The first-order chi connectivity index (χ1) is 4.84. The van der Waals surface area contributed by atoms with Crippen LogP contribution in [0, 0.1) is 0 Å².